The lowest BCUT2D eigenvalue weighted by Crippen LogP contribution is -2.34. The third kappa shape index (κ3) is 3.21. The first kappa shape index (κ1) is 17.0. The van der Waals surface area contributed by atoms with Crippen molar-refractivity contribution in [3.8, 4) is 0 Å². The molecule has 1 aliphatic heterocycles. The molecular formula is C22H30N2. The minimum Gasteiger partial charge on any atom is -0.370 e. The molecule has 0 radical (unpaired) electrons. The van der Waals surface area contributed by atoms with Crippen molar-refractivity contribution >= 4 is 5.69 Å². The quantitative estimate of drug-likeness (QED) is 0.738. The average Bonchev–Trinajstić information content (AvgIpc) is 2.93. The first-order valence-electron chi connectivity index (χ1n) is 9.31. The predicted molar refractivity (Wildman–Crippen MR) is 104 cm³/mol. The summed E-state index contributed by atoms with van der Waals surface area (Å²) in [7, 11) is 0. The fraction of sp³-hybridized carbons (Fsp3) is 0.455. The number of benzene rings is 2. The van der Waals surface area contributed by atoms with Gasteiger partial charge in [-0.3, -0.25) is 0 Å². The zero-order chi connectivity index (χ0) is 17.0. The maximum absolute atomic E-state index is 2.59. The Hall–Kier alpha value is -1.80. The number of fused-ring (bicyclic) bond motifs is 1. The Labute approximate surface area is 147 Å². The SMILES string of the molecule is CCN(CC)CCCN1CC(C)(c2ccccc2)c2ccccc21. The van der Waals surface area contributed by atoms with E-state index in [0.29, 0.717) is 0 Å². The van der Waals surface area contributed by atoms with Gasteiger partial charge in [0.2, 0.25) is 0 Å². The maximum atomic E-state index is 2.59. The van der Waals surface area contributed by atoms with E-state index >= 15 is 0 Å². The van der Waals surface area contributed by atoms with E-state index in [-0.39, 0.29) is 5.41 Å². The maximum Gasteiger partial charge on any atom is 0.0408 e. The molecule has 0 fully saturated rings. The highest BCUT2D eigenvalue weighted by atomic mass is 15.2. The summed E-state index contributed by atoms with van der Waals surface area (Å²) in [5.74, 6) is 0. The Morgan fingerprint density at radius 1 is 0.958 bits per heavy atom. The topological polar surface area (TPSA) is 6.48 Å². The molecule has 0 N–H and O–H groups in total. The van der Waals surface area contributed by atoms with Crippen LogP contribution in [0.5, 0.6) is 0 Å². The summed E-state index contributed by atoms with van der Waals surface area (Å²) >= 11 is 0. The summed E-state index contributed by atoms with van der Waals surface area (Å²) < 4.78 is 0. The zero-order valence-corrected chi connectivity index (χ0v) is 15.3. The lowest BCUT2D eigenvalue weighted by molar-refractivity contribution is 0.300. The van der Waals surface area contributed by atoms with Crippen molar-refractivity contribution in [3.63, 3.8) is 0 Å². The van der Waals surface area contributed by atoms with Crippen LogP contribution in [0, 0.1) is 0 Å². The lowest BCUT2D eigenvalue weighted by atomic mass is 9.78. The summed E-state index contributed by atoms with van der Waals surface area (Å²) in [6.45, 7) is 12.6. The van der Waals surface area contributed by atoms with Crippen LogP contribution in [0.4, 0.5) is 5.69 Å². The molecule has 0 bridgehead atoms. The number of anilines is 1. The number of para-hydroxylation sites is 1. The second-order valence-electron chi connectivity index (χ2n) is 7.02. The van der Waals surface area contributed by atoms with Gasteiger partial charge >= 0.3 is 0 Å². The molecule has 3 rings (SSSR count). The Bertz CT molecular complexity index is 648. The van der Waals surface area contributed by atoms with Crippen LogP contribution >= 0.6 is 0 Å². The van der Waals surface area contributed by atoms with Crippen molar-refractivity contribution < 1.29 is 0 Å². The van der Waals surface area contributed by atoms with Gasteiger partial charge < -0.3 is 9.80 Å². The number of nitrogens with zero attached hydrogens (tertiary/aromatic N) is 2. The van der Waals surface area contributed by atoms with E-state index in [1.807, 2.05) is 0 Å². The highest BCUT2D eigenvalue weighted by Gasteiger charge is 2.39. The third-order valence-electron chi connectivity index (χ3n) is 5.55. The molecule has 1 unspecified atom stereocenters. The monoisotopic (exact) mass is 322 g/mol. The van der Waals surface area contributed by atoms with E-state index in [2.05, 4.69) is 85.2 Å². The van der Waals surface area contributed by atoms with Crippen molar-refractivity contribution in [2.24, 2.45) is 0 Å². The fourth-order valence-corrected chi connectivity index (χ4v) is 4.05. The molecule has 2 aromatic carbocycles. The molecule has 1 atom stereocenters. The first-order valence-corrected chi connectivity index (χ1v) is 9.31. The van der Waals surface area contributed by atoms with Crippen LogP contribution in [-0.2, 0) is 5.41 Å². The van der Waals surface area contributed by atoms with E-state index in [1.165, 1.54) is 29.8 Å². The van der Waals surface area contributed by atoms with Crippen molar-refractivity contribution in [2.75, 3.05) is 37.6 Å². The van der Waals surface area contributed by atoms with Crippen LogP contribution in [0.25, 0.3) is 0 Å². The molecular weight excluding hydrogens is 292 g/mol. The Kier molecular flexibility index (Phi) is 5.25. The van der Waals surface area contributed by atoms with Crippen LogP contribution in [0.15, 0.2) is 54.6 Å². The largest absolute Gasteiger partial charge is 0.370 e. The minimum atomic E-state index is 0.0903. The van der Waals surface area contributed by atoms with Gasteiger partial charge in [-0.25, -0.2) is 0 Å². The second-order valence-corrected chi connectivity index (χ2v) is 7.02. The van der Waals surface area contributed by atoms with Gasteiger partial charge in [0.05, 0.1) is 0 Å². The lowest BCUT2D eigenvalue weighted by Gasteiger charge is -2.28. The van der Waals surface area contributed by atoms with Crippen LogP contribution in [0.1, 0.15) is 38.3 Å². The van der Waals surface area contributed by atoms with E-state index in [4.69, 9.17) is 0 Å². The highest BCUT2D eigenvalue weighted by Crippen LogP contribution is 2.44. The summed E-state index contributed by atoms with van der Waals surface area (Å²) in [6, 6.07) is 19.9. The van der Waals surface area contributed by atoms with Crippen molar-refractivity contribution in [1.82, 2.24) is 4.90 Å². The molecule has 24 heavy (non-hydrogen) atoms. The Balaban J connectivity index is 1.79. The van der Waals surface area contributed by atoms with Gasteiger partial charge in [0.15, 0.2) is 0 Å². The zero-order valence-electron chi connectivity index (χ0n) is 15.3. The summed E-state index contributed by atoms with van der Waals surface area (Å²) in [5, 5.41) is 0. The third-order valence-corrected chi connectivity index (χ3v) is 5.55. The first-order chi connectivity index (χ1) is 11.7. The predicted octanol–water partition coefficient (Wildman–Crippen LogP) is 4.54. The van der Waals surface area contributed by atoms with Crippen LogP contribution in [0.2, 0.25) is 0 Å². The summed E-state index contributed by atoms with van der Waals surface area (Å²) in [6.07, 6.45) is 1.22. The van der Waals surface area contributed by atoms with Crippen LogP contribution in [0.3, 0.4) is 0 Å². The van der Waals surface area contributed by atoms with E-state index < -0.39 is 0 Å². The highest BCUT2D eigenvalue weighted by molar-refractivity contribution is 5.65. The number of hydrogen-bond donors (Lipinski definition) is 0. The molecule has 128 valence electrons. The molecule has 0 aromatic heterocycles. The van der Waals surface area contributed by atoms with Gasteiger partial charge in [-0.2, -0.15) is 0 Å². The average molecular weight is 322 g/mol. The fourth-order valence-electron chi connectivity index (χ4n) is 4.05. The number of rotatable bonds is 7. The standard InChI is InChI=1S/C22H30N2/c1-4-23(5-2)16-11-17-24-18-22(3,19-12-7-6-8-13-19)20-14-9-10-15-21(20)24/h6-10,12-15H,4-5,11,16-18H2,1-3H3. The van der Waals surface area contributed by atoms with E-state index in [0.717, 1.165) is 26.2 Å². The summed E-state index contributed by atoms with van der Waals surface area (Å²) in [5.41, 5.74) is 4.40. The van der Waals surface area contributed by atoms with E-state index in [1.54, 1.807) is 0 Å². The van der Waals surface area contributed by atoms with Crippen LogP contribution < -0.4 is 4.90 Å². The second kappa shape index (κ2) is 7.40. The molecule has 2 nitrogen and oxygen atoms in total. The van der Waals surface area contributed by atoms with Gasteiger partial charge in [0, 0.05) is 24.2 Å². The smallest absolute Gasteiger partial charge is 0.0408 e. The molecule has 0 saturated heterocycles. The molecule has 1 aliphatic rings. The number of hydrogen-bond acceptors (Lipinski definition) is 2. The van der Waals surface area contributed by atoms with E-state index in [9.17, 15) is 0 Å². The normalized spacial score (nSPS) is 19.8. The van der Waals surface area contributed by atoms with Gasteiger partial charge in [0.1, 0.15) is 0 Å². The molecule has 0 amide bonds. The van der Waals surface area contributed by atoms with Gasteiger partial charge in [-0.05, 0) is 50.2 Å². The molecule has 0 spiro atoms. The molecule has 0 aliphatic carbocycles. The minimum absolute atomic E-state index is 0.0903. The van der Waals surface area contributed by atoms with Gasteiger partial charge in [-0.15, -0.1) is 0 Å². The van der Waals surface area contributed by atoms with Gasteiger partial charge in [0.25, 0.3) is 0 Å². The van der Waals surface area contributed by atoms with Crippen molar-refractivity contribution in [3.05, 3.63) is 65.7 Å². The Morgan fingerprint density at radius 2 is 1.62 bits per heavy atom. The molecule has 0 saturated carbocycles. The Morgan fingerprint density at radius 3 is 2.33 bits per heavy atom. The van der Waals surface area contributed by atoms with Crippen LogP contribution in [-0.4, -0.2) is 37.6 Å². The van der Waals surface area contributed by atoms with Gasteiger partial charge in [-0.1, -0.05) is 62.4 Å². The molecule has 2 aromatic rings. The van der Waals surface area contributed by atoms with Crippen molar-refractivity contribution in [1.29, 1.82) is 0 Å². The van der Waals surface area contributed by atoms with Crippen molar-refractivity contribution in [2.45, 2.75) is 32.6 Å². The molecule has 1 heterocycles. The molecule has 2 heteroatoms. The summed E-state index contributed by atoms with van der Waals surface area (Å²) in [4.78, 5) is 5.10.